The number of hydrogen-bond donors (Lipinski definition) is 2. The summed E-state index contributed by atoms with van der Waals surface area (Å²) in [6.45, 7) is 4.83. The highest BCUT2D eigenvalue weighted by atomic mass is 32.1. The van der Waals surface area contributed by atoms with Crippen LogP contribution in [0.1, 0.15) is 42.3 Å². The second kappa shape index (κ2) is 9.24. The maximum Gasteiger partial charge on any atom is 0.315 e. The number of benzene rings is 1. The molecule has 0 aliphatic carbocycles. The Labute approximate surface area is 175 Å². The quantitative estimate of drug-likeness (QED) is 0.617. The van der Waals surface area contributed by atoms with Crippen LogP contribution in [0.4, 0.5) is 4.79 Å². The van der Waals surface area contributed by atoms with Gasteiger partial charge in [-0.05, 0) is 62.0 Å². The number of carbonyl (C=O) groups is 1. The van der Waals surface area contributed by atoms with E-state index >= 15 is 0 Å². The highest BCUT2D eigenvalue weighted by Crippen LogP contribution is 2.27. The van der Waals surface area contributed by atoms with Gasteiger partial charge in [-0.15, -0.1) is 11.3 Å². The maximum atomic E-state index is 12.5. The Bertz CT molecular complexity index is 886. The molecular weight excluding hydrogens is 382 g/mol. The Morgan fingerprint density at radius 3 is 2.66 bits per heavy atom. The summed E-state index contributed by atoms with van der Waals surface area (Å²) in [5.41, 5.74) is 2.12. The number of hydrogen-bond acceptors (Lipinski definition) is 4. The first-order chi connectivity index (χ1) is 14.2. The van der Waals surface area contributed by atoms with Crippen LogP contribution >= 0.6 is 11.3 Å². The number of likely N-dealkylation sites (tertiary alicyclic amines) is 1. The van der Waals surface area contributed by atoms with Gasteiger partial charge in [0.05, 0.1) is 18.4 Å². The van der Waals surface area contributed by atoms with Gasteiger partial charge in [0.25, 0.3) is 0 Å². The number of urea groups is 1. The van der Waals surface area contributed by atoms with Crippen molar-refractivity contribution in [2.75, 3.05) is 19.6 Å². The van der Waals surface area contributed by atoms with Gasteiger partial charge in [-0.25, -0.2) is 9.78 Å². The largest absolute Gasteiger partial charge is 0.336 e. The Hall–Kier alpha value is -2.64. The first kappa shape index (κ1) is 19.7. The lowest BCUT2D eigenvalue weighted by Crippen LogP contribution is -2.42. The number of imidazole rings is 1. The molecule has 2 atom stereocenters. The number of carbonyl (C=O) groups excluding carboxylic acids is 1. The fourth-order valence-corrected chi connectivity index (χ4v) is 4.67. The van der Waals surface area contributed by atoms with E-state index in [-0.39, 0.29) is 18.1 Å². The van der Waals surface area contributed by atoms with Gasteiger partial charge < -0.3 is 15.2 Å². The number of amides is 2. The fraction of sp³-hybridized carbons (Fsp3) is 0.364. The van der Waals surface area contributed by atoms with Crippen LogP contribution in [0.15, 0.2) is 60.5 Å². The van der Waals surface area contributed by atoms with Crippen molar-refractivity contribution in [1.82, 2.24) is 25.1 Å². The zero-order valence-electron chi connectivity index (χ0n) is 16.6. The molecule has 4 rings (SSSR count). The normalized spacial score (nSPS) is 16.4. The van der Waals surface area contributed by atoms with E-state index in [1.54, 1.807) is 23.9 Å². The number of nitrogens with zero attached hydrogens (tertiary/aromatic N) is 3. The van der Waals surface area contributed by atoms with Crippen LogP contribution in [0.25, 0.3) is 5.69 Å². The average Bonchev–Trinajstić information content (AvgIpc) is 3.51. The van der Waals surface area contributed by atoms with E-state index in [0.29, 0.717) is 6.54 Å². The van der Waals surface area contributed by atoms with Crippen molar-refractivity contribution < 1.29 is 4.79 Å². The minimum atomic E-state index is -0.128. The fourth-order valence-electron chi connectivity index (χ4n) is 3.81. The zero-order chi connectivity index (χ0) is 20.1. The van der Waals surface area contributed by atoms with Crippen LogP contribution in [0.5, 0.6) is 0 Å². The molecule has 1 aliphatic heterocycles. The molecule has 7 heteroatoms. The van der Waals surface area contributed by atoms with Crippen molar-refractivity contribution in [3.63, 3.8) is 0 Å². The molecule has 2 N–H and O–H groups in total. The summed E-state index contributed by atoms with van der Waals surface area (Å²) in [7, 11) is 0. The third kappa shape index (κ3) is 4.86. The molecule has 1 fully saturated rings. The molecule has 6 nitrogen and oxygen atoms in total. The highest BCUT2D eigenvalue weighted by molar-refractivity contribution is 7.10. The lowest BCUT2D eigenvalue weighted by atomic mass is 10.1. The molecule has 2 unspecified atom stereocenters. The lowest BCUT2D eigenvalue weighted by Gasteiger charge is -2.27. The van der Waals surface area contributed by atoms with Gasteiger partial charge in [0, 0.05) is 29.5 Å². The summed E-state index contributed by atoms with van der Waals surface area (Å²) in [6.07, 6.45) is 7.91. The standard InChI is InChI=1S/C22H27N5OS/c1-17(18-6-8-19(9-7-18)27-13-10-23-16-27)25-22(28)24-15-20(21-5-4-14-29-21)26-11-2-3-12-26/h4-10,13-14,16-17,20H,2-3,11-12,15H2,1H3,(H2,24,25,28). The molecule has 1 aromatic carbocycles. The molecule has 1 aliphatic rings. The van der Waals surface area contributed by atoms with Crippen molar-refractivity contribution in [3.05, 3.63) is 70.9 Å². The van der Waals surface area contributed by atoms with Crippen molar-refractivity contribution in [2.45, 2.75) is 31.8 Å². The first-order valence-electron chi connectivity index (χ1n) is 10.1. The smallest absolute Gasteiger partial charge is 0.315 e. The predicted octanol–water partition coefficient (Wildman–Crippen LogP) is 4.13. The lowest BCUT2D eigenvalue weighted by molar-refractivity contribution is 0.220. The molecule has 1 saturated heterocycles. The number of nitrogens with one attached hydrogen (secondary N) is 2. The van der Waals surface area contributed by atoms with Gasteiger partial charge >= 0.3 is 6.03 Å². The summed E-state index contributed by atoms with van der Waals surface area (Å²) in [4.78, 5) is 20.4. The van der Waals surface area contributed by atoms with E-state index in [1.807, 2.05) is 42.0 Å². The van der Waals surface area contributed by atoms with Gasteiger partial charge in [0.15, 0.2) is 0 Å². The number of aromatic nitrogens is 2. The Balaban J connectivity index is 1.32. The predicted molar refractivity (Wildman–Crippen MR) is 116 cm³/mol. The molecule has 2 amide bonds. The molecule has 2 aromatic heterocycles. The number of rotatable bonds is 7. The van der Waals surface area contributed by atoms with Crippen LogP contribution in [0.3, 0.4) is 0 Å². The SMILES string of the molecule is CC(NC(=O)NCC(c1cccs1)N1CCCC1)c1ccc(-n2ccnc2)cc1. The van der Waals surface area contributed by atoms with E-state index in [9.17, 15) is 4.79 Å². The topological polar surface area (TPSA) is 62.2 Å². The molecule has 152 valence electrons. The van der Waals surface area contributed by atoms with Gasteiger partial charge in [0.2, 0.25) is 0 Å². The van der Waals surface area contributed by atoms with E-state index in [4.69, 9.17) is 0 Å². The molecule has 3 aromatic rings. The molecule has 0 saturated carbocycles. The zero-order valence-corrected chi connectivity index (χ0v) is 17.4. The van der Waals surface area contributed by atoms with Gasteiger partial charge in [-0.2, -0.15) is 0 Å². The second-order valence-electron chi connectivity index (χ2n) is 7.41. The van der Waals surface area contributed by atoms with Crippen LogP contribution in [-0.2, 0) is 0 Å². The van der Waals surface area contributed by atoms with Crippen LogP contribution < -0.4 is 10.6 Å². The minimum absolute atomic E-state index is 0.0705. The van der Waals surface area contributed by atoms with Crippen LogP contribution in [-0.4, -0.2) is 40.1 Å². The van der Waals surface area contributed by atoms with Gasteiger partial charge in [0.1, 0.15) is 0 Å². The molecule has 0 spiro atoms. The first-order valence-corrected chi connectivity index (χ1v) is 11.0. The molecule has 0 bridgehead atoms. The monoisotopic (exact) mass is 409 g/mol. The summed E-state index contributed by atoms with van der Waals surface area (Å²) in [6, 6.07) is 12.5. The van der Waals surface area contributed by atoms with Crippen molar-refractivity contribution in [1.29, 1.82) is 0 Å². The summed E-state index contributed by atoms with van der Waals surface area (Å²) in [5, 5.41) is 8.25. The molecule has 3 heterocycles. The van der Waals surface area contributed by atoms with E-state index in [1.165, 1.54) is 17.7 Å². The Morgan fingerprint density at radius 2 is 2.00 bits per heavy atom. The van der Waals surface area contributed by atoms with E-state index in [0.717, 1.165) is 24.3 Å². The van der Waals surface area contributed by atoms with Gasteiger partial charge in [-0.3, -0.25) is 4.90 Å². The summed E-state index contributed by atoms with van der Waals surface area (Å²) in [5.74, 6) is 0. The highest BCUT2D eigenvalue weighted by Gasteiger charge is 2.24. The Morgan fingerprint density at radius 1 is 1.21 bits per heavy atom. The summed E-state index contributed by atoms with van der Waals surface area (Å²) >= 11 is 1.76. The Kier molecular flexibility index (Phi) is 6.27. The maximum absolute atomic E-state index is 12.5. The van der Waals surface area contributed by atoms with Crippen molar-refractivity contribution >= 4 is 17.4 Å². The van der Waals surface area contributed by atoms with Crippen LogP contribution in [0, 0.1) is 0 Å². The minimum Gasteiger partial charge on any atom is -0.336 e. The number of thiophene rings is 1. The third-order valence-electron chi connectivity index (χ3n) is 5.45. The second-order valence-corrected chi connectivity index (χ2v) is 8.39. The summed E-state index contributed by atoms with van der Waals surface area (Å²) < 4.78 is 1.96. The van der Waals surface area contributed by atoms with Gasteiger partial charge in [-0.1, -0.05) is 18.2 Å². The van der Waals surface area contributed by atoms with Crippen molar-refractivity contribution in [2.24, 2.45) is 0 Å². The van der Waals surface area contributed by atoms with Crippen molar-refractivity contribution in [3.8, 4) is 5.69 Å². The molecule has 0 radical (unpaired) electrons. The van der Waals surface area contributed by atoms with E-state index < -0.39 is 0 Å². The average molecular weight is 410 g/mol. The molecular formula is C22H27N5OS. The third-order valence-corrected chi connectivity index (χ3v) is 6.43. The van der Waals surface area contributed by atoms with E-state index in [2.05, 4.69) is 38.0 Å². The molecule has 29 heavy (non-hydrogen) atoms. The van der Waals surface area contributed by atoms with Crippen LogP contribution in [0.2, 0.25) is 0 Å².